The van der Waals surface area contributed by atoms with Gasteiger partial charge in [0.2, 0.25) is 0 Å². The molecule has 7 nitrogen and oxygen atoms in total. The summed E-state index contributed by atoms with van der Waals surface area (Å²) in [6, 6.07) is 7.05. The molecule has 1 aliphatic rings. The molecule has 0 bridgehead atoms. The van der Waals surface area contributed by atoms with Crippen LogP contribution in [0.2, 0.25) is 0 Å². The maximum atomic E-state index is 14.9. The molecule has 0 radical (unpaired) electrons. The molecule has 1 aromatic carbocycles. The summed E-state index contributed by atoms with van der Waals surface area (Å²) in [5.74, 6) is -0.360. The van der Waals surface area contributed by atoms with Gasteiger partial charge in [0, 0.05) is 48.4 Å². The van der Waals surface area contributed by atoms with Crippen molar-refractivity contribution in [2.24, 2.45) is 0 Å². The number of hydrogen-bond acceptors (Lipinski definition) is 6. The van der Waals surface area contributed by atoms with E-state index in [4.69, 9.17) is 4.74 Å². The lowest BCUT2D eigenvalue weighted by Gasteiger charge is -2.28. The topological polar surface area (TPSA) is 91.1 Å². The third kappa shape index (κ3) is 4.81. The molecule has 0 unspecified atom stereocenters. The average Bonchev–Trinajstić information content (AvgIpc) is 2.84. The Bertz CT molecular complexity index is 1210. The van der Waals surface area contributed by atoms with Crippen molar-refractivity contribution in [3.05, 3.63) is 77.2 Å². The maximum absolute atomic E-state index is 14.9. The Morgan fingerprint density at radius 1 is 1.18 bits per heavy atom. The molecule has 0 aliphatic carbocycles. The van der Waals surface area contributed by atoms with Gasteiger partial charge in [0.25, 0.3) is 5.91 Å². The number of amides is 1. The minimum absolute atomic E-state index is 0.0820. The van der Waals surface area contributed by atoms with E-state index in [-0.39, 0.29) is 11.1 Å². The van der Waals surface area contributed by atoms with Gasteiger partial charge < -0.3 is 9.64 Å². The first-order valence-electron chi connectivity index (χ1n) is 10.3. The fraction of sp³-hybridized carbons (Fsp3) is 0.250. The molecule has 1 saturated heterocycles. The van der Waals surface area contributed by atoms with Gasteiger partial charge >= 0.3 is 6.05 Å². The number of nitriles is 1. The van der Waals surface area contributed by atoms with E-state index in [0.29, 0.717) is 48.8 Å². The third-order valence-electron chi connectivity index (χ3n) is 5.42. The van der Waals surface area contributed by atoms with Crippen molar-refractivity contribution in [1.29, 1.82) is 5.26 Å². The molecule has 9 heteroatoms. The Labute approximate surface area is 189 Å². The Morgan fingerprint density at radius 3 is 2.61 bits per heavy atom. The molecule has 0 atom stereocenters. The number of hydrogen-bond donors (Lipinski definition) is 1. The van der Waals surface area contributed by atoms with Crippen molar-refractivity contribution < 1.29 is 18.3 Å². The number of carbonyl (C=O) groups is 1. The standard InChI is InChI=1S/C24H21F2N5O2/c1-16-2-3-20(24(25,26)30-23(32)17-4-6-28-7-5-17)13-21(16)19-12-18(14-27)22(29-15-19)31-8-10-33-11-9-31/h2-7,12-13,15H,8-11H2,1H3,(H,30,32). The first-order chi connectivity index (χ1) is 15.9. The summed E-state index contributed by atoms with van der Waals surface area (Å²) in [5, 5.41) is 11.4. The van der Waals surface area contributed by atoms with Gasteiger partial charge in [-0.05, 0) is 42.3 Å². The molecule has 1 amide bonds. The SMILES string of the molecule is Cc1ccc(C(F)(F)NC(=O)c2ccncc2)cc1-c1cnc(N2CCOCC2)c(C#N)c1. The minimum atomic E-state index is -3.61. The Hall–Kier alpha value is -3.90. The van der Waals surface area contributed by atoms with Crippen molar-refractivity contribution in [1.82, 2.24) is 15.3 Å². The smallest absolute Gasteiger partial charge is 0.352 e. The molecule has 3 heterocycles. The highest BCUT2D eigenvalue weighted by molar-refractivity contribution is 5.94. The van der Waals surface area contributed by atoms with Gasteiger partial charge in [-0.25, -0.2) is 4.98 Å². The lowest BCUT2D eigenvalue weighted by molar-refractivity contribution is -0.0333. The largest absolute Gasteiger partial charge is 0.378 e. The van der Waals surface area contributed by atoms with E-state index in [0.717, 1.165) is 5.56 Å². The highest BCUT2D eigenvalue weighted by atomic mass is 19.3. The first kappa shape index (κ1) is 22.3. The van der Waals surface area contributed by atoms with Crippen LogP contribution in [0.5, 0.6) is 0 Å². The van der Waals surface area contributed by atoms with Crippen molar-refractivity contribution in [3.63, 3.8) is 0 Å². The summed E-state index contributed by atoms with van der Waals surface area (Å²) in [6.07, 6.45) is 4.29. The number of nitrogens with one attached hydrogen (secondary N) is 1. The molecule has 2 aromatic heterocycles. The highest BCUT2D eigenvalue weighted by Crippen LogP contribution is 2.33. The van der Waals surface area contributed by atoms with Crippen molar-refractivity contribution in [2.75, 3.05) is 31.2 Å². The fourth-order valence-corrected chi connectivity index (χ4v) is 3.63. The molecule has 4 rings (SSSR count). The number of nitrogens with zero attached hydrogens (tertiary/aromatic N) is 4. The van der Waals surface area contributed by atoms with Crippen LogP contribution in [0.3, 0.4) is 0 Å². The Kier molecular flexibility index (Phi) is 6.29. The third-order valence-corrected chi connectivity index (χ3v) is 5.42. The van der Waals surface area contributed by atoms with Crippen molar-refractivity contribution in [2.45, 2.75) is 13.0 Å². The molecule has 0 spiro atoms. The zero-order chi connectivity index (χ0) is 23.4. The van der Waals surface area contributed by atoms with Gasteiger partial charge in [0.05, 0.1) is 18.8 Å². The van der Waals surface area contributed by atoms with E-state index in [2.05, 4.69) is 16.0 Å². The quantitative estimate of drug-likeness (QED) is 0.598. The van der Waals surface area contributed by atoms with E-state index in [1.165, 1.54) is 36.7 Å². The number of aromatic nitrogens is 2. The van der Waals surface area contributed by atoms with E-state index < -0.39 is 12.0 Å². The van der Waals surface area contributed by atoms with E-state index >= 15 is 0 Å². The molecule has 168 valence electrons. The fourth-order valence-electron chi connectivity index (χ4n) is 3.63. The van der Waals surface area contributed by atoms with E-state index in [1.54, 1.807) is 30.6 Å². The van der Waals surface area contributed by atoms with Crippen LogP contribution in [-0.2, 0) is 10.8 Å². The lowest BCUT2D eigenvalue weighted by atomic mass is 9.97. The summed E-state index contributed by atoms with van der Waals surface area (Å²) in [4.78, 5) is 22.5. The second kappa shape index (κ2) is 9.30. The lowest BCUT2D eigenvalue weighted by Crippen LogP contribution is -2.38. The second-order valence-electron chi connectivity index (χ2n) is 7.60. The zero-order valence-electron chi connectivity index (χ0n) is 17.9. The number of alkyl halides is 2. The predicted molar refractivity (Wildman–Crippen MR) is 118 cm³/mol. The van der Waals surface area contributed by atoms with Crippen LogP contribution in [0, 0.1) is 18.3 Å². The number of pyridine rings is 2. The summed E-state index contributed by atoms with van der Waals surface area (Å²) in [5.41, 5.74) is 1.85. The number of carbonyl (C=O) groups excluding carboxylic acids is 1. The number of aryl methyl sites for hydroxylation is 1. The van der Waals surface area contributed by atoms with Gasteiger partial charge in [0.1, 0.15) is 11.9 Å². The summed E-state index contributed by atoms with van der Waals surface area (Å²) < 4.78 is 35.2. The van der Waals surface area contributed by atoms with Crippen LogP contribution in [0.1, 0.15) is 27.0 Å². The number of benzene rings is 1. The van der Waals surface area contributed by atoms with Crippen molar-refractivity contribution in [3.8, 4) is 17.2 Å². The van der Waals surface area contributed by atoms with Crippen LogP contribution >= 0.6 is 0 Å². The van der Waals surface area contributed by atoms with Gasteiger partial charge in [-0.3, -0.25) is 15.1 Å². The normalized spacial score (nSPS) is 13.9. The van der Waals surface area contributed by atoms with Crippen LogP contribution < -0.4 is 10.2 Å². The Balaban J connectivity index is 1.64. The predicted octanol–water partition coefficient (Wildman–Crippen LogP) is 3.64. The second-order valence-corrected chi connectivity index (χ2v) is 7.60. The van der Waals surface area contributed by atoms with Gasteiger partial charge in [0.15, 0.2) is 0 Å². The molecular formula is C24H21F2N5O2. The minimum Gasteiger partial charge on any atom is -0.378 e. The van der Waals surface area contributed by atoms with Gasteiger partial charge in [-0.2, -0.15) is 14.0 Å². The zero-order valence-corrected chi connectivity index (χ0v) is 17.9. The molecule has 33 heavy (non-hydrogen) atoms. The van der Waals surface area contributed by atoms with Crippen LogP contribution in [0.15, 0.2) is 55.0 Å². The number of halogens is 2. The maximum Gasteiger partial charge on any atom is 0.352 e. The number of rotatable bonds is 5. The molecular weight excluding hydrogens is 428 g/mol. The van der Waals surface area contributed by atoms with Crippen LogP contribution in [0.4, 0.5) is 14.6 Å². The van der Waals surface area contributed by atoms with Crippen LogP contribution in [0.25, 0.3) is 11.1 Å². The first-order valence-corrected chi connectivity index (χ1v) is 10.3. The summed E-state index contributed by atoms with van der Waals surface area (Å²) >= 11 is 0. The Morgan fingerprint density at radius 2 is 1.91 bits per heavy atom. The van der Waals surface area contributed by atoms with E-state index in [9.17, 15) is 18.8 Å². The molecule has 3 aromatic rings. The number of morpholine rings is 1. The molecule has 0 saturated carbocycles. The van der Waals surface area contributed by atoms with Crippen LogP contribution in [-0.4, -0.2) is 42.2 Å². The molecule has 1 fully saturated rings. The van der Waals surface area contributed by atoms with Gasteiger partial charge in [-0.15, -0.1) is 0 Å². The number of anilines is 1. The molecule has 1 aliphatic heterocycles. The molecule has 1 N–H and O–H groups in total. The summed E-state index contributed by atoms with van der Waals surface area (Å²) in [6.45, 7) is 4.14. The monoisotopic (exact) mass is 449 g/mol. The summed E-state index contributed by atoms with van der Waals surface area (Å²) in [7, 11) is 0. The highest BCUT2D eigenvalue weighted by Gasteiger charge is 2.34. The van der Waals surface area contributed by atoms with Gasteiger partial charge in [-0.1, -0.05) is 12.1 Å². The average molecular weight is 449 g/mol. The number of ether oxygens (including phenoxy) is 1. The van der Waals surface area contributed by atoms with E-state index in [1.807, 2.05) is 4.90 Å². The van der Waals surface area contributed by atoms with Crippen molar-refractivity contribution >= 4 is 11.7 Å².